The molecule has 12 heteroatoms. The first-order valence-electron chi connectivity index (χ1n) is 11.5. The molecule has 0 saturated carbocycles. The van der Waals surface area contributed by atoms with Crippen LogP contribution in [0.3, 0.4) is 0 Å². The van der Waals surface area contributed by atoms with Gasteiger partial charge in [0.2, 0.25) is 0 Å². The van der Waals surface area contributed by atoms with E-state index < -0.39 is 15.1 Å². The third-order valence-electron chi connectivity index (χ3n) is 6.51. The number of rotatable bonds is 5. The maximum absolute atomic E-state index is 13.1. The molecule has 11 nitrogen and oxygen atoms in total. The average Bonchev–Trinajstić information content (AvgIpc) is 3.14. The molecule has 0 spiro atoms. The summed E-state index contributed by atoms with van der Waals surface area (Å²) in [6.07, 6.45) is 3.84. The number of hydrogen-bond acceptors (Lipinski definition) is 7. The van der Waals surface area contributed by atoms with Crippen LogP contribution in [0.5, 0.6) is 0 Å². The van der Waals surface area contributed by atoms with Crippen molar-refractivity contribution in [2.24, 2.45) is 0 Å². The van der Waals surface area contributed by atoms with Crippen molar-refractivity contribution in [3.8, 4) is 0 Å². The lowest BCUT2D eigenvalue weighted by atomic mass is 10.1. The summed E-state index contributed by atoms with van der Waals surface area (Å²) in [7, 11) is -3.53. The molecule has 3 aliphatic heterocycles. The molecular weight excluding hydrogens is 450 g/mol. The zero-order valence-electron chi connectivity index (χ0n) is 18.7. The standard InChI is InChI=1S/C21H31N5O6S/c27-21(18-5-6-19(20(17-18)26(28)29)22-13-15-32-16-14-22)23-9-11-25(12-10-23)33(30,31)24-7-3-1-2-4-8-24/h5-6,17H,1-4,7-16H2. The van der Waals surface area contributed by atoms with E-state index in [0.29, 0.717) is 45.1 Å². The van der Waals surface area contributed by atoms with Crippen LogP contribution < -0.4 is 4.90 Å². The molecule has 0 radical (unpaired) electrons. The number of morpholine rings is 1. The van der Waals surface area contributed by atoms with E-state index in [2.05, 4.69) is 0 Å². The van der Waals surface area contributed by atoms with Gasteiger partial charge in [-0.3, -0.25) is 14.9 Å². The first-order chi connectivity index (χ1) is 15.9. The van der Waals surface area contributed by atoms with Gasteiger partial charge in [0.05, 0.1) is 18.1 Å². The van der Waals surface area contributed by atoms with Crippen LogP contribution in [0.15, 0.2) is 18.2 Å². The van der Waals surface area contributed by atoms with Gasteiger partial charge in [0.25, 0.3) is 21.8 Å². The minimum absolute atomic E-state index is 0.106. The molecule has 182 valence electrons. The highest BCUT2D eigenvalue weighted by atomic mass is 32.2. The molecule has 3 fully saturated rings. The lowest BCUT2D eigenvalue weighted by molar-refractivity contribution is -0.384. The van der Waals surface area contributed by atoms with Crippen molar-refractivity contribution in [1.82, 2.24) is 13.5 Å². The molecule has 3 heterocycles. The second-order valence-electron chi connectivity index (χ2n) is 8.57. The Morgan fingerprint density at radius 2 is 1.48 bits per heavy atom. The van der Waals surface area contributed by atoms with Gasteiger partial charge in [0.15, 0.2) is 0 Å². The molecule has 0 bridgehead atoms. The summed E-state index contributed by atoms with van der Waals surface area (Å²) in [4.78, 5) is 27.7. The SMILES string of the molecule is O=C(c1ccc(N2CCOCC2)c([N+](=O)[O-])c1)N1CCN(S(=O)(=O)N2CCCCCC2)CC1. The molecule has 3 aliphatic rings. The third-order valence-corrected chi connectivity index (χ3v) is 8.55. The summed E-state index contributed by atoms with van der Waals surface area (Å²) < 4.78 is 34.3. The Kier molecular flexibility index (Phi) is 7.47. The minimum Gasteiger partial charge on any atom is -0.378 e. The summed E-state index contributed by atoms with van der Waals surface area (Å²) in [5.74, 6) is -0.321. The van der Waals surface area contributed by atoms with Crippen molar-refractivity contribution >= 4 is 27.5 Å². The number of amides is 1. The zero-order valence-corrected chi connectivity index (χ0v) is 19.5. The van der Waals surface area contributed by atoms with Crippen molar-refractivity contribution in [2.75, 3.05) is 70.5 Å². The number of hydrogen-bond donors (Lipinski definition) is 0. The fraction of sp³-hybridized carbons (Fsp3) is 0.667. The molecule has 0 unspecified atom stereocenters. The molecule has 0 N–H and O–H groups in total. The number of nitrogens with zero attached hydrogens (tertiary/aromatic N) is 5. The van der Waals surface area contributed by atoms with Crippen LogP contribution in [0.1, 0.15) is 36.0 Å². The highest BCUT2D eigenvalue weighted by molar-refractivity contribution is 7.86. The van der Waals surface area contributed by atoms with Crippen LogP contribution in [-0.2, 0) is 14.9 Å². The average molecular weight is 482 g/mol. The summed E-state index contributed by atoms with van der Waals surface area (Å²) in [6, 6.07) is 4.56. The second-order valence-corrected chi connectivity index (χ2v) is 10.5. The second kappa shape index (κ2) is 10.3. The molecule has 0 aliphatic carbocycles. The molecule has 0 atom stereocenters. The largest absolute Gasteiger partial charge is 0.378 e. The van der Waals surface area contributed by atoms with E-state index in [-0.39, 0.29) is 43.3 Å². The number of carbonyl (C=O) groups excluding carboxylic acids is 1. The number of anilines is 1. The van der Waals surface area contributed by atoms with E-state index in [0.717, 1.165) is 25.7 Å². The number of benzene rings is 1. The van der Waals surface area contributed by atoms with Crippen molar-refractivity contribution in [2.45, 2.75) is 25.7 Å². The van der Waals surface area contributed by atoms with E-state index in [9.17, 15) is 23.3 Å². The number of ether oxygens (including phenoxy) is 1. The van der Waals surface area contributed by atoms with Crippen LogP contribution >= 0.6 is 0 Å². The van der Waals surface area contributed by atoms with Crippen molar-refractivity contribution in [3.05, 3.63) is 33.9 Å². The molecule has 1 aromatic rings. The predicted molar refractivity (Wildman–Crippen MR) is 123 cm³/mol. The topological polar surface area (TPSA) is 117 Å². The lowest BCUT2D eigenvalue weighted by Gasteiger charge is -2.36. The Balaban J connectivity index is 1.43. The van der Waals surface area contributed by atoms with Gasteiger partial charge in [-0.1, -0.05) is 12.8 Å². The van der Waals surface area contributed by atoms with Crippen LogP contribution in [-0.4, -0.2) is 98.3 Å². The number of nitro benzene ring substituents is 1. The highest BCUT2D eigenvalue weighted by Crippen LogP contribution is 2.30. The van der Waals surface area contributed by atoms with Crippen LogP contribution in [0.4, 0.5) is 11.4 Å². The molecular formula is C21H31N5O6S. The third kappa shape index (κ3) is 5.29. The first kappa shape index (κ1) is 23.9. The molecule has 33 heavy (non-hydrogen) atoms. The van der Waals surface area contributed by atoms with Crippen LogP contribution in [0.2, 0.25) is 0 Å². The molecule has 1 aromatic carbocycles. The van der Waals surface area contributed by atoms with E-state index >= 15 is 0 Å². The number of nitro groups is 1. The number of carbonyl (C=O) groups is 1. The van der Waals surface area contributed by atoms with Gasteiger partial charge in [-0.05, 0) is 25.0 Å². The Labute approximate surface area is 194 Å². The van der Waals surface area contributed by atoms with E-state index in [1.807, 2.05) is 4.90 Å². The quantitative estimate of drug-likeness (QED) is 0.460. The molecule has 4 rings (SSSR count). The van der Waals surface area contributed by atoms with Gasteiger partial charge in [-0.15, -0.1) is 0 Å². The fourth-order valence-electron chi connectivity index (χ4n) is 4.61. The maximum atomic E-state index is 13.1. The van der Waals surface area contributed by atoms with Crippen molar-refractivity contribution < 1.29 is 22.9 Å². The molecule has 3 saturated heterocycles. The van der Waals surface area contributed by atoms with Crippen molar-refractivity contribution in [3.63, 3.8) is 0 Å². The van der Waals surface area contributed by atoms with Gasteiger partial charge >= 0.3 is 0 Å². The summed E-state index contributed by atoms with van der Waals surface area (Å²) in [6.45, 7) is 4.15. The maximum Gasteiger partial charge on any atom is 0.293 e. The van der Waals surface area contributed by atoms with Gasteiger partial charge in [-0.2, -0.15) is 17.0 Å². The highest BCUT2D eigenvalue weighted by Gasteiger charge is 2.34. The van der Waals surface area contributed by atoms with Gasteiger partial charge in [0, 0.05) is 64.0 Å². The van der Waals surface area contributed by atoms with Gasteiger partial charge in [-0.25, -0.2) is 0 Å². The predicted octanol–water partition coefficient (Wildman–Crippen LogP) is 1.31. The molecule has 0 aromatic heterocycles. The number of piperazine rings is 1. The summed E-state index contributed by atoms with van der Waals surface area (Å²) >= 11 is 0. The summed E-state index contributed by atoms with van der Waals surface area (Å²) in [5, 5.41) is 11.7. The van der Waals surface area contributed by atoms with Crippen LogP contribution in [0, 0.1) is 10.1 Å². The van der Waals surface area contributed by atoms with E-state index in [1.165, 1.54) is 10.4 Å². The Morgan fingerprint density at radius 3 is 2.09 bits per heavy atom. The minimum atomic E-state index is -3.53. The van der Waals surface area contributed by atoms with Gasteiger partial charge in [0.1, 0.15) is 5.69 Å². The molecule has 1 amide bonds. The fourth-order valence-corrected chi connectivity index (χ4v) is 6.29. The normalized spacial score (nSPS) is 21.6. The Hall–Kier alpha value is -2.28. The Bertz CT molecular complexity index is 965. The lowest BCUT2D eigenvalue weighted by Crippen LogP contribution is -2.54. The first-order valence-corrected chi connectivity index (χ1v) is 12.9. The van der Waals surface area contributed by atoms with Crippen molar-refractivity contribution in [1.29, 1.82) is 0 Å². The summed E-state index contributed by atoms with van der Waals surface area (Å²) in [5.41, 5.74) is 0.612. The van der Waals surface area contributed by atoms with E-state index in [4.69, 9.17) is 4.74 Å². The smallest absolute Gasteiger partial charge is 0.293 e. The monoisotopic (exact) mass is 481 g/mol. The van der Waals surface area contributed by atoms with Gasteiger partial charge < -0.3 is 14.5 Å². The zero-order chi connectivity index (χ0) is 23.4. The Morgan fingerprint density at radius 1 is 0.879 bits per heavy atom. The van der Waals surface area contributed by atoms with Crippen LogP contribution in [0.25, 0.3) is 0 Å². The van der Waals surface area contributed by atoms with E-state index in [1.54, 1.807) is 21.3 Å².